The highest BCUT2D eigenvalue weighted by molar-refractivity contribution is 6.31. The molecule has 0 aromatic heterocycles. The van der Waals surface area contributed by atoms with Crippen molar-refractivity contribution in [3.05, 3.63) is 52.8 Å². The lowest BCUT2D eigenvalue weighted by Crippen LogP contribution is -2.03. The molecule has 0 saturated carbocycles. The number of benzene rings is 2. The maximum absolute atomic E-state index is 13.6. The standard InChI is InChI=1S/C15H15ClFNO2/c1-19-14-5-3-4-12(16)11(14)9-18-10-6-7-15(20-2)13(17)8-10/h3-8,18H,9H2,1-2H3. The van der Waals surface area contributed by atoms with Gasteiger partial charge in [-0.05, 0) is 24.3 Å². The molecule has 0 saturated heterocycles. The van der Waals surface area contributed by atoms with Gasteiger partial charge in [0, 0.05) is 28.9 Å². The Kier molecular flexibility index (Phi) is 4.69. The van der Waals surface area contributed by atoms with Crippen molar-refractivity contribution < 1.29 is 13.9 Å². The summed E-state index contributed by atoms with van der Waals surface area (Å²) in [5.74, 6) is 0.494. The highest BCUT2D eigenvalue weighted by Crippen LogP contribution is 2.28. The van der Waals surface area contributed by atoms with Crippen LogP contribution in [0, 0.1) is 5.82 Å². The molecule has 2 aromatic rings. The van der Waals surface area contributed by atoms with Gasteiger partial charge in [0.1, 0.15) is 5.75 Å². The predicted octanol–water partition coefficient (Wildman–Crippen LogP) is 4.11. The number of methoxy groups -OCH3 is 2. The molecule has 3 nitrogen and oxygen atoms in total. The molecule has 0 amide bonds. The third-order valence-corrected chi connectivity index (χ3v) is 3.27. The smallest absolute Gasteiger partial charge is 0.167 e. The van der Waals surface area contributed by atoms with Crippen molar-refractivity contribution in [3.63, 3.8) is 0 Å². The SMILES string of the molecule is COc1ccc(NCc2c(Cl)cccc2OC)cc1F. The van der Waals surface area contributed by atoms with Crippen molar-refractivity contribution in [2.45, 2.75) is 6.54 Å². The minimum absolute atomic E-state index is 0.214. The van der Waals surface area contributed by atoms with Gasteiger partial charge in [-0.2, -0.15) is 0 Å². The van der Waals surface area contributed by atoms with Crippen LogP contribution >= 0.6 is 11.6 Å². The van der Waals surface area contributed by atoms with Gasteiger partial charge in [-0.3, -0.25) is 0 Å². The maximum Gasteiger partial charge on any atom is 0.167 e. The summed E-state index contributed by atoms with van der Waals surface area (Å²) in [6.07, 6.45) is 0. The first-order valence-corrected chi connectivity index (χ1v) is 6.42. The third-order valence-electron chi connectivity index (χ3n) is 2.92. The molecule has 0 heterocycles. The summed E-state index contributed by atoms with van der Waals surface area (Å²) in [5, 5.41) is 3.71. The zero-order valence-corrected chi connectivity index (χ0v) is 12.0. The third kappa shape index (κ3) is 3.14. The van der Waals surface area contributed by atoms with E-state index in [2.05, 4.69) is 5.32 Å². The summed E-state index contributed by atoms with van der Waals surface area (Å²) >= 11 is 6.14. The van der Waals surface area contributed by atoms with E-state index in [1.807, 2.05) is 12.1 Å². The fourth-order valence-corrected chi connectivity index (χ4v) is 2.10. The van der Waals surface area contributed by atoms with Crippen LogP contribution in [-0.4, -0.2) is 14.2 Å². The van der Waals surface area contributed by atoms with E-state index in [0.29, 0.717) is 23.0 Å². The second kappa shape index (κ2) is 6.48. The Morgan fingerprint density at radius 3 is 2.50 bits per heavy atom. The van der Waals surface area contributed by atoms with Crippen molar-refractivity contribution >= 4 is 17.3 Å². The molecule has 0 aliphatic carbocycles. The van der Waals surface area contributed by atoms with Gasteiger partial charge >= 0.3 is 0 Å². The predicted molar refractivity (Wildman–Crippen MR) is 78.3 cm³/mol. The highest BCUT2D eigenvalue weighted by Gasteiger charge is 2.08. The zero-order valence-electron chi connectivity index (χ0n) is 11.2. The van der Waals surface area contributed by atoms with E-state index in [4.69, 9.17) is 21.1 Å². The minimum Gasteiger partial charge on any atom is -0.496 e. The Morgan fingerprint density at radius 2 is 1.85 bits per heavy atom. The number of nitrogens with one attached hydrogen (secondary N) is 1. The van der Waals surface area contributed by atoms with Crippen LogP contribution in [0.25, 0.3) is 0 Å². The van der Waals surface area contributed by atoms with Gasteiger partial charge in [0.05, 0.1) is 14.2 Å². The first-order valence-electron chi connectivity index (χ1n) is 6.04. The molecule has 0 unspecified atom stereocenters. The zero-order chi connectivity index (χ0) is 14.5. The Hall–Kier alpha value is -1.94. The van der Waals surface area contributed by atoms with Crippen LogP contribution in [0.3, 0.4) is 0 Å². The molecule has 20 heavy (non-hydrogen) atoms. The Bertz CT molecular complexity index is 604. The molecule has 106 valence electrons. The molecule has 1 N–H and O–H groups in total. The maximum atomic E-state index is 13.6. The van der Waals surface area contributed by atoms with Gasteiger partial charge in [0.15, 0.2) is 11.6 Å². The minimum atomic E-state index is -0.413. The van der Waals surface area contributed by atoms with E-state index in [1.165, 1.54) is 13.2 Å². The van der Waals surface area contributed by atoms with Gasteiger partial charge in [0.25, 0.3) is 0 Å². The topological polar surface area (TPSA) is 30.5 Å². The Morgan fingerprint density at radius 1 is 1.10 bits per heavy atom. The van der Waals surface area contributed by atoms with Crippen molar-refractivity contribution in [2.75, 3.05) is 19.5 Å². The molecule has 2 rings (SSSR count). The van der Waals surface area contributed by atoms with Crippen molar-refractivity contribution in [2.24, 2.45) is 0 Å². The van der Waals surface area contributed by atoms with Crippen LogP contribution < -0.4 is 14.8 Å². The number of ether oxygens (including phenoxy) is 2. The summed E-state index contributed by atoms with van der Waals surface area (Å²) in [6.45, 7) is 0.439. The molecular weight excluding hydrogens is 281 g/mol. The lowest BCUT2D eigenvalue weighted by Gasteiger charge is -2.12. The number of rotatable bonds is 5. The number of halogens is 2. The van der Waals surface area contributed by atoms with Crippen molar-refractivity contribution in [1.29, 1.82) is 0 Å². The molecule has 0 fully saturated rings. The summed E-state index contributed by atoms with van der Waals surface area (Å²) in [5.41, 5.74) is 1.47. The van der Waals surface area contributed by atoms with Gasteiger partial charge in [0.2, 0.25) is 0 Å². The Balaban J connectivity index is 2.15. The summed E-state index contributed by atoms with van der Waals surface area (Å²) in [7, 11) is 3.02. The molecule has 0 aliphatic rings. The molecular formula is C15H15ClFNO2. The van der Waals surface area contributed by atoms with Crippen molar-refractivity contribution in [3.8, 4) is 11.5 Å². The van der Waals surface area contributed by atoms with Crippen LogP contribution in [-0.2, 0) is 6.54 Å². The molecule has 0 aliphatic heterocycles. The van der Waals surface area contributed by atoms with Crippen LogP contribution in [0.2, 0.25) is 5.02 Å². The number of anilines is 1. The molecule has 0 atom stereocenters. The van der Waals surface area contributed by atoms with Gasteiger partial charge in [-0.15, -0.1) is 0 Å². The average molecular weight is 296 g/mol. The molecule has 0 spiro atoms. The number of hydrogen-bond donors (Lipinski definition) is 1. The molecule has 0 radical (unpaired) electrons. The van der Waals surface area contributed by atoms with E-state index in [9.17, 15) is 4.39 Å². The molecule has 2 aromatic carbocycles. The Labute approximate surface area is 122 Å². The van der Waals surface area contributed by atoms with Crippen LogP contribution in [0.4, 0.5) is 10.1 Å². The summed E-state index contributed by atoms with van der Waals surface area (Å²) in [6, 6.07) is 10.1. The first-order chi connectivity index (χ1) is 9.65. The normalized spacial score (nSPS) is 10.2. The summed E-state index contributed by atoms with van der Waals surface area (Å²) in [4.78, 5) is 0. The first kappa shape index (κ1) is 14.5. The average Bonchev–Trinajstić information content (AvgIpc) is 2.46. The van der Waals surface area contributed by atoms with E-state index < -0.39 is 5.82 Å². The summed E-state index contributed by atoms with van der Waals surface area (Å²) < 4.78 is 23.7. The fourth-order valence-electron chi connectivity index (χ4n) is 1.87. The number of hydrogen-bond acceptors (Lipinski definition) is 3. The van der Waals surface area contributed by atoms with Crippen LogP contribution in [0.15, 0.2) is 36.4 Å². The van der Waals surface area contributed by atoms with E-state index in [-0.39, 0.29) is 5.75 Å². The molecule has 5 heteroatoms. The second-order valence-electron chi connectivity index (χ2n) is 4.12. The largest absolute Gasteiger partial charge is 0.496 e. The second-order valence-corrected chi connectivity index (χ2v) is 4.53. The highest BCUT2D eigenvalue weighted by atomic mass is 35.5. The van der Waals surface area contributed by atoms with E-state index >= 15 is 0 Å². The van der Waals surface area contributed by atoms with Gasteiger partial charge in [-0.1, -0.05) is 17.7 Å². The van der Waals surface area contributed by atoms with Crippen molar-refractivity contribution in [1.82, 2.24) is 0 Å². The van der Waals surface area contributed by atoms with Crippen LogP contribution in [0.1, 0.15) is 5.56 Å². The van der Waals surface area contributed by atoms with E-state index in [1.54, 1.807) is 25.3 Å². The lowest BCUT2D eigenvalue weighted by molar-refractivity contribution is 0.386. The monoisotopic (exact) mass is 295 g/mol. The van der Waals surface area contributed by atoms with Crippen LogP contribution in [0.5, 0.6) is 11.5 Å². The molecule has 0 bridgehead atoms. The lowest BCUT2D eigenvalue weighted by atomic mass is 10.2. The quantitative estimate of drug-likeness (QED) is 0.900. The van der Waals surface area contributed by atoms with E-state index in [0.717, 1.165) is 5.56 Å². The van der Waals surface area contributed by atoms with Gasteiger partial charge in [-0.25, -0.2) is 4.39 Å². The fraction of sp³-hybridized carbons (Fsp3) is 0.200. The van der Waals surface area contributed by atoms with Gasteiger partial charge < -0.3 is 14.8 Å².